The molecule has 200 valence electrons. The smallest absolute Gasteiger partial charge is 0.379 e. The summed E-state index contributed by atoms with van der Waals surface area (Å²) >= 11 is 0. The first-order valence-electron chi connectivity index (χ1n) is 12.8. The Morgan fingerprint density at radius 3 is 2.89 bits per heavy atom. The molecule has 5 atom stereocenters. The molecule has 1 aromatic heterocycles. The van der Waals surface area contributed by atoms with Crippen molar-refractivity contribution in [3.63, 3.8) is 0 Å². The molecule has 1 aliphatic carbocycles. The van der Waals surface area contributed by atoms with Crippen LogP contribution in [-0.2, 0) is 38.2 Å². The topological polar surface area (TPSA) is 72.0 Å². The largest absolute Gasteiger partial charge is 0.417 e. The van der Waals surface area contributed by atoms with Gasteiger partial charge in [0.2, 0.25) is 5.91 Å². The lowest BCUT2D eigenvalue weighted by molar-refractivity contribution is -0.144. The van der Waals surface area contributed by atoms with Crippen molar-refractivity contribution in [3.8, 4) is 12.3 Å². The van der Waals surface area contributed by atoms with E-state index in [0.717, 1.165) is 31.5 Å². The highest BCUT2D eigenvalue weighted by atomic mass is 19.4. The zero-order valence-electron chi connectivity index (χ0n) is 20.9. The average Bonchev–Trinajstić information content (AvgIpc) is 3.41. The van der Waals surface area contributed by atoms with E-state index >= 15 is 0 Å². The van der Waals surface area contributed by atoms with Crippen molar-refractivity contribution in [1.29, 1.82) is 0 Å². The first kappa shape index (κ1) is 26.0. The fourth-order valence-electron chi connectivity index (χ4n) is 7.05. The van der Waals surface area contributed by atoms with Crippen LogP contribution in [0.4, 0.5) is 13.2 Å². The Kier molecular flexibility index (Phi) is 6.96. The Labute approximate surface area is 214 Å². The van der Waals surface area contributed by atoms with Gasteiger partial charge in [0, 0.05) is 58.2 Å². The van der Waals surface area contributed by atoms with E-state index in [9.17, 15) is 22.8 Å². The highest BCUT2D eigenvalue weighted by Gasteiger charge is 2.59. The second-order valence-electron chi connectivity index (χ2n) is 10.9. The molecule has 0 aromatic carbocycles. The number of carbonyl (C=O) groups excluding carboxylic acids is 2. The predicted octanol–water partition coefficient (Wildman–Crippen LogP) is 2.91. The summed E-state index contributed by atoms with van der Waals surface area (Å²) in [6, 6.07) is 1.10. The van der Waals surface area contributed by atoms with E-state index in [0.29, 0.717) is 56.3 Å². The van der Waals surface area contributed by atoms with Crippen molar-refractivity contribution < 1.29 is 32.2 Å². The number of amides is 2. The number of aromatic nitrogens is 1. The molecule has 10 heteroatoms. The van der Waals surface area contributed by atoms with E-state index in [2.05, 4.69) is 10.9 Å². The molecular weight excluding hydrogens is 487 g/mol. The highest BCUT2D eigenvalue weighted by molar-refractivity contribution is 5.94. The first-order valence-corrected chi connectivity index (χ1v) is 12.8. The van der Waals surface area contributed by atoms with Gasteiger partial charge in [-0.2, -0.15) is 13.2 Å². The quantitative estimate of drug-likeness (QED) is 0.573. The van der Waals surface area contributed by atoms with Crippen LogP contribution in [0, 0.1) is 35.5 Å². The van der Waals surface area contributed by atoms with E-state index in [1.807, 2.05) is 0 Å². The Bertz CT molecular complexity index is 1100. The molecule has 5 rings (SSSR count). The van der Waals surface area contributed by atoms with E-state index in [-0.39, 0.29) is 36.9 Å². The third kappa shape index (κ3) is 4.84. The Morgan fingerprint density at radius 1 is 1.35 bits per heavy atom. The molecule has 1 saturated carbocycles. The first-order chi connectivity index (χ1) is 17.6. The number of likely N-dealkylation sites (tertiary alicyclic amines) is 1. The number of hydrogen-bond donors (Lipinski definition) is 0. The number of terminal acetylenes is 1. The molecule has 3 fully saturated rings. The molecule has 0 N–H and O–H groups in total. The van der Waals surface area contributed by atoms with Crippen LogP contribution < -0.4 is 0 Å². The molecule has 0 radical (unpaired) electrons. The lowest BCUT2D eigenvalue weighted by Gasteiger charge is -2.37. The van der Waals surface area contributed by atoms with Gasteiger partial charge < -0.3 is 19.3 Å². The number of nitrogens with zero attached hydrogens (tertiary/aromatic N) is 3. The molecule has 0 spiro atoms. The van der Waals surface area contributed by atoms with Gasteiger partial charge in [0.05, 0.1) is 23.7 Å². The van der Waals surface area contributed by atoms with Crippen molar-refractivity contribution >= 4 is 11.8 Å². The maximum absolute atomic E-state index is 14.2. The van der Waals surface area contributed by atoms with Gasteiger partial charge in [-0.3, -0.25) is 14.6 Å². The summed E-state index contributed by atoms with van der Waals surface area (Å²) in [6.07, 6.45) is 5.42. The number of carbonyl (C=O) groups is 2. The number of methoxy groups -OCH3 is 1. The van der Waals surface area contributed by atoms with Crippen molar-refractivity contribution in [3.05, 3.63) is 29.1 Å². The molecule has 0 bridgehead atoms. The van der Waals surface area contributed by atoms with Gasteiger partial charge in [-0.25, -0.2) is 0 Å². The third-order valence-corrected chi connectivity index (χ3v) is 8.84. The molecular formula is C27H32F3N3O4. The average molecular weight is 520 g/mol. The third-order valence-electron chi connectivity index (χ3n) is 8.84. The summed E-state index contributed by atoms with van der Waals surface area (Å²) in [5.41, 5.74) is -0.571. The second-order valence-corrected chi connectivity index (χ2v) is 10.9. The van der Waals surface area contributed by atoms with Crippen LogP contribution in [0.3, 0.4) is 0 Å². The fourth-order valence-corrected chi connectivity index (χ4v) is 7.05. The monoisotopic (exact) mass is 519 g/mol. The highest BCUT2D eigenvalue weighted by Crippen LogP contribution is 2.54. The number of pyridine rings is 1. The summed E-state index contributed by atoms with van der Waals surface area (Å²) < 4.78 is 51.1. The molecule has 4 heterocycles. The van der Waals surface area contributed by atoms with Crippen LogP contribution >= 0.6 is 0 Å². The van der Waals surface area contributed by atoms with Crippen LogP contribution in [0.2, 0.25) is 0 Å². The summed E-state index contributed by atoms with van der Waals surface area (Å²) in [7, 11) is 1.69. The Balaban J connectivity index is 1.37. The lowest BCUT2D eigenvalue weighted by Crippen LogP contribution is -2.49. The van der Waals surface area contributed by atoms with E-state index in [1.165, 1.54) is 0 Å². The van der Waals surface area contributed by atoms with Crippen LogP contribution in [-0.4, -0.2) is 72.7 Å². The Hall–Kier alpha value is -2.64. The van der Waals surface area contributed by atoms with Gasteiger partial charge in [-0.15, -0.1) is 6.42 Å². The summed E-state index contributed by atoms with van der Waals surface area (Å²) in [5, 5.41) is 0. The standard InChI is InChI=1S/C27H32F3N3O4/c1-3-24(34)33-14-21-9-17(8-18-5-7-37-15-23(18)36-2)11-26(21,16-33)25(35)32-6-4-22-19(13-32)10-20(12-31-22)27(28,29)30/h1,10,12,17-18,21,23H,4-9,11,13-16H2,2H3/t17-,18?,21+,23?,26+/m1/s1. The molecule has 1 aromatic rings. The maximum atomic E-state index is 14.2. The van der Waals surface area contributed by atoms with Crippen LogP contribution in [0.5, 0.6) is 0 Å². The summed E-state index contributed by atoms with van der Waals surface area (Å²) in [5.74, 6) is 2.24. The van der Waals surface area contributed by atoms with Crippen molar-refractivity contribution in [2.45, 2.75) is 50.9 Å². The second kappa shape index (κ2) is 9.91. The number of ether oxygens (including phenoxy) is 2. The SMILES string of the molecule is C#CC(=O)N1C[C@@H]2C[C@@H](CC3CCOCC3OC)C[C@]2(C(=O)N2CCc3ncc(C(F)(F)F)cc3C2)C1. The number of rotatable bonds is 4. The van der Waals surface area contributed by atoms with Crippen molar-refractivity contribution in [2.75, 3.05) is 40.0 Å². The lowest BCUT2D eigenvalue weighted by atomic mass is 9.78. The molecule has 2 saturated heterocycles. The molecule has 7 nitrogen and oxygen atoms in total. The van der Waals surface area contributed by atoms with Crippen molar-refractivity contribution in [2.24, 2.45) is 23.2 Å². The minimum Gasteiger partial charge on any atom is -0.379 e. The van der Waals surface area contributed by atoms with Crippen LogP contribution in [0.1, 0.15) is 42.5 Å². The minimum absolute atomic E-state index is 0.0225. The zero-order chi connectivity index (χ0) is 26.4. The molecule has 2 unspecified atom stereocenters. The summed E-state index contributed by atoms with van der Waals surface area (Å²) in [4.78, 5) is 33.8. The van der Waals surface area contributed by atoms with E-state index in [1.54, 1.807) is 16.9 Å². The van der Waals surface area contributed by atoms with Crippen LogP contribution in [0.25, 0.3) is 0 Å². The van der Waals surface area contributed by atoms with Gasteiger partial charge in [0.15, 0.2) is 0 Å². The van der Waals surface area contributed by atoms with Gasteiger partial charge in [-0.05, 0) is 61.0 Å². The van der Waals surface area contributed by atoms with E-state index < -0.39 is 23.1 Å². The molecule has 37 heavy (non-hydrogen) atoms. The molecule has 2 amide bonds. The summed E-state index contributed by atoms with van der Waals surface area (Å²) in [6.45, 7) is 2.40. The maximum Gasteiger partial charge on any atom is 0.417 e. The number of hydrogen-bond acceptors (Lipinski definition) is 5. The van der Waals surface area contributed by atoms with Crippen LogP contribution in [0.15, 0.2) is 12.3 Å². The van der Waals surface area contributed by atoms with Crippen molar-refractivity contribution in [1.82, 2.24) is 14.8 Å². The zero-order valence-corrected chi connectivity index (χ0v) is 20.9. The number of halogens is 3. The van der Waals surface area contributed by atoms with Gasteiger partial charge in [0.25, 0.3) is 5.91 Å². The van der Waals surface area contributed by atoms with Gasteiger partial charge in [0.1, 0.15) is 0 Å². The Morgan fingerprint density at radius 2 is 2.16 bits per heavy atom. The fraction of sp³-hybridized carbons (Fsp3) is 0.667. The minimum atomic E-state index is -4.50. The van der Waals surface area contributed by atoms with Gasteiger partial charge in [-0.1, -0.05) is 0 Å². The number of alkyl halides is 3. The number of fused-ring (bicyclic) bond motifs is 2. The van der Waals surface area contributed by atoms with E-state index in [4.69, 9.17) is 15.9 Å². The molecule has 3 aliphatic heterocycles. The van der Waals surface area contributed by atoms with Gasteiger partial charge >= 0.3 is 6.18 Å². The predicted molar refractivity (Wildman–Crippen MR) is 127 cm³/mol. The normalized spacial score (nSPS) is 31.5. The molecule has 4 aliphatic rings.